The predicted molar refractivity (Wildman–Crippen MR) is 143 cm³/mol. The molecule has 2 heterocycles. The van der Waals surface area contributed by atoms with Crippen molar-refractivity contribution in [3.63, 3.8) is 0 Å². The van der Waals surface area contributed by atoms with Crippen molar-refractivity contribution in [1.82, 2.24) is 10.1 Å². The molecule has 2 unspecified atom stereocenters. The molecule has 11 heteroatoms. The molecule has 0 saturated heterocycles. The molecule has 0 fully saturated rings. The van der Waals surface area contributed by atoms with E-state index in [0.717, 1.165) is 5.56 Å². The molecule has 0 N–H and O–H groups in total. The third kappa shape index (κ3) is 5.19. The van der Waals surface area contributed by atoms with E-state index in [2.05, 4.69) is 10.1 Å². The van der Waals surface area contributed by atoms with Crippen LogP contribution in [0.3, 0.4) is 0 Å². The Morgan fingerprint density at radius 2 is 1.83 bits per heavy atom. The van der Waals surface area contributed by atoms with Crippen molar-refractivity contribution in [1.29, 1.82) is 0 Å². The molecule has 0 amide bonds. The summed E-state index contributed by atoms with van der Waals surface area (Å²) in [4.78, 5) is 15.8. The molecule has 0 radical (unpaired) electrons. The maximum atomic E-state index is 15.4. The molecule has 218 valence electrons. The Morgan fingerprint density at radius 3 is 2.52 bits per heavy atom. The number of fused-ring (bicyclic) bond motifs is 2. The van der Waals surface area contributed by atoms with Gasteiger partial charge in [-0.1, -0.05) is 35.5 Å². The highest BCUT2D eigenvalue weighted by atomic mass is 19.4. The summed E-state index contributed by atoms with van der Waals surface area (Å²) in [6, 6.07) is 12.2. The van der Waals surface area contributed by atoms with Gasteiger partial charge in [0.2, 0.25) is 11.7 Å². The van der Waals surface area contributed by atoms with Crippen LogP contribution in [0.2, 0.25) is 0 Å². The van der Waals surface area contributed by atoms with Crippen LogP contribution in [0.1, 0.15) is 52.8 Å². The standard InChI is InChI=1S/C31H26F4N2O5/c1-16-36-30(37-42-16)18-5-3-17(4-6-18)28-23-9-7-19(29(23)25(32)13-24(28)31(33,34)35)14-40-21-8-10-22-20(11-27(38)39-2)15-41-26(22)12-21/h3-6,8,10,12-13,19-20H,7,9,11,14-15H2,1-2H3. The normalized spacial score (nSPS) is 17.5. The molecule has 0 bridgehead atoms. The fourth-order valence-corrected chi connectivity index (χ4v) is 5.80. The van der Waals surface area contributed by atoms with E-state index in [1.165, 1.54) is 7.11 Å². The number of nitrogens with zero attached hydrogens (tertiary/aromatic N) is 2. The number of ether oxygens (including phenoxy) is 3. The van der Waals surface area contributed by atoms with Crippen LogP contribution in [0.5, 0.6) is 11.5 Å². The lowest BCUT2D eigenvalue weighted by Gasteiger charge is -2.20. The zero-order chi connectivity index (χ0) is 29.6. The number of halogens is 4. The van der Waals surface area contributed by atoms with E-state index >= 15 is 4.39 Å². The Kier molecular flexibility index (Phi) is 7.12. The van der Waals surface area contributed by atoms with Crippen molar-refractivity contribution in [3.8, 4) is 34.0 Å². The molecule has 3 aromatic carbocycles. The fraction of sp³-hybridized carbons (Fsp3) is 0.323. The van der Waals surface area contributed by atoms with Crippen LogP contribution in [0.4, 0.5) is 17.6 Å². The quantitative estimate of drug-likeness (QED) is 0.171. The van der Waals surface area contributed by atoms with Crippen molar-refractivity contribution >= 4 is 5.97 Å². The molecular weight excluding hydrogens is 556 g/mol. The number of esters is 1. The van der Waals surface area contributed by atoms with E-state index in [1.54, 1.807) is 43.3 Å². The van der Waals surface area contributed by atoms with Crippen LogP contribution >= 0.6 is 0 Å². The summed E-state index contributed by atoms with van der Waals surface area (Å²) in [6.07, 6.45) is -3.85. The van der Waals surface area contributed by atoms with Gasteiger partial charge in [0.25, 0.3) is 0 Å². The summed E-state index contributed by atoms with van der Waals surface area (Å²) < 4.78 is 79.3. The Balaban J connectivity index is 1.27. The number of methoxy groups -OCH3 is 1. The summed E-state index contributed by atoms with van der Waals surface area (Å²) in [5, 5.41) is 3.85. The largest absolute Gasteiger partial charge is 0.493 e. The van der Waals surface area contributed by atoms with Crippen LogP contribution in [0.25, 0.3) is 22.5 Å². The van der Waals surface area contributed by atoms with Gasteiger partial charge in [-0.05, 0) is 47.2 Å². The SMILES string of the molecule is COC(=O)CC1COc2cc(OCC3CCc4c(-c5ccc(-c6noc(C)n6)cc5)c(C(F)(F)F)cc(F)c43)ccc21. The van der Waals surface area contributed by atoms with E-state index in [-0.39, 0.29) is 42.5 Å². The Labute approximate surface area is 238 Å². The van der Waals surface area contributed by atoms with Crippen LogP contribution < -0.4 is 9.47 Å². The number of alkyl halides is 3. The lowest BCUT2D eigenvalue weighted by molar-refractivity contribution is -0.141. The highest BCUT2D eigenvalue weighted by Crippen LogP contribution is 2.47. The van der Waals surface area contributed by atoms with Crippen LogP contribution in [-0.4, -0.2) is 36.4 Å². The molecule has 2 atom stereocenters. The Hall–Kier alpha value is -4.41. The minimum Gasteiger partial charge on any atom is -0.493 e. The van der Waals surface area contributed by atoms with Crippen LogP contribution in [-0.2, 0) is 22.1 Å². The predicted octanol–water partition coefficient (Wildman–Crippen LogP) is 7.02. The van der Waals surface area contributed by atoms with Crippen LogP contribution in [0.15, 0.2) is 53.1 Å². The number of hydrogen-bond donors (Lipinski definition) is 0. The zero-order valence-corrected chi connectivity index (χ0v) is 22.8. The van der Waals surface area contributed by atoms with Crippen molar-refractivity contribution in [2.75, 3.05) is 20.3 Å². The van der Waals surface area contributed by atoms with Gasteiger partial charge in [0.05, 0.1) is 32.3 Å². The number of hydrogen-bond acceptors (Lipinski definition) is 7. The summed E-state index contributed by atoms with van der Waals surface area (Å²) in [7, 11) is 1.33. The van der Waals surface area contributed by atoms with Gasteiger partial charge in [-0.25, -0.2) is 4.39 Å². The van der Waals surface area contributed by atoms with Crippen molar-refractivity contribution in [2.45, 2.75) is 44.2 Å². The fourth-order valence-electron chi connectivity index (χ4n) is 5.80. The average Bonchev–Trinajstić information content (AvgIpc) is 3.70. The summed E-state index contributed by atoms with van der Waals surface area (Å²) in [5.74, 6) is -0.0101. The van der Waals surface area contributed by atoms with E-state index in [9.17, 15) is 18.0 Å². The number of carbonyl (C=O) groups excluding carboxylic acids is 1. The first-order valence-corrected chi connectivity index (χ1v) is 13.4. The molecule has 0 saturated carbocycles. The maximum absolute atomic E-state index is 15.4. The van der Waals surface area contributed by atoms with Gasteiger partial charge in [-0.15, -0.1) is 0 Å². The molecule has 2 aliphatic rings. The highest BCUT2D eigenvalue weighted by molar-refractivity contribution is 5.76. The number of rotatable bonds is 7. The van der Waals surface area contributed by atoms with Gasteiger partial charge >= 0.3 is 12.1 Å². The number of benzene rings is 3. The smallest absolute Gasteiger partial charge is 0.417 e. The first kappa shape index (κ1) is 27.7. The molecule has 4 aromatic rings. The van der Waals surface area contributed by atoms with Gasteiger partial charge in [-0.3, -0.25) is 4.79 Å². The minimum absolute atomic E-state index is 0.0279. The van der Waals surface area contributed by atoms with Gasteiger partial charge in [0, 0.05) is 36.0 Å². The first-order valence-electron chi connectivity index (χ1n) is 13.4. The second-order valence-corrected chi connectivity index (χ2v) is 10.4. The van der Waals surface area contributed by atoms with Gasteiger partial charge in [0.1, 0.15) is 17.3 Å². The van der Waals surface area contributed by atoms with E-state index in [0.29, 0.717) is 59.0 Å². The topological polar surface area (TPSA) is 83.7 Å². The summed E-state index contributed by atoms with van der Waals surface area (Å²) in [6.45, 7) is 2.06. The van der Waals surface area contributed by atoms with Crippen molar-refractivity contribution in [3.05, 3.63) is 82.5 Å². The second kappa shape index (κ2) is 10.8. The lowest BCUT2D eigenvalue weighted by atomic mass is 9.89. The van der Waals surface area contributed by atoms with E-state index in [4.69, 9.17) is 18.7 Å². The monoisotopic (exact) mass is 582 g/mol. The molecule has 6 rings (SSSR count). The van der Waals surface area contributed by atoms with Crippen molar-refractivity contribution in [2.24, 2.45) is 0 Å². The zero-order valence-electron chi connectivity index (χ0n) is 22.8. The first-order chi connectivity index (χ1) is 20.1. The number of aromatic nitrogens is 2. The third-order valence-corrected chi connectivity index (χ3v) is 7.80. The lowest BCUT2D eigenvalue weighted by Crippen LogP contribution is -2.13. The van der Waals surface area contributed by atoms with Gasteiger partial charge < -0.3 is 18.7 Å². The molecule has 1 aliphatic carbocycles. The number of carbonyl (C=O) groups is 1. The molecule has 1 aromatic heterocycles. The molecule has 1 aliphatic heterocycles. The van der Waals surface area contributed by atoms with E-state index in [1.807, 2.05) is 6.07 Å². The van der Waals surface area contributed by atoms with Crippen molar-refractivity contribution < 1.29 is 41.1 Å². The number of aryl methyl sites for hydroxylation is 1. The Bertz CT molecular complexity index is 1650. The van der Waals surface area contributed by atoms with Gasteiger partial charge in [-0.2, -0.15) is 18.2 Å². The molecule has 0 spiro atoms. The third-order valence-electron chi connectivity index (χ3n) is 7.80. The second-order valence-electron chi connectivity index (χ2n) is 10.4. The average molecular weight is 583 g/mol. The van der Waals surface area contributed by atoms with Gasteiger partial charge in [0.15, 0.2) is 0 Å². The Morgan fingerprint density at radius 1 is 1.07 bits per heavy atom. The minimum atomic E-state index is -4.75. The summed E-state index contributed by atoms with van der Waals surface area (Å²) in [5.41, 5.74) is 1.31. The molecule has 7 nitrogen and oxygen atoms in total. The molecular formula is C31H26F4N2O5. The maximum Gasteiger partial charge on any atom is 0.417 e. The summed E-state index contributed by atoms with van der Waals surface area (Å²) >= 11 is 0. The molecule has 42 heavy (non-hydrogen) atoms. The van der Waals surface area contributed by atoms with E-state index < -0.39 is 23.5 Å². The van der Waals surface area contributed by atoms with Crippen LogP contribution in [0, 0.1) is 12.7 Å². The highest BCUT2D eigenvalue weighted by Gasteiger charge is 2.40.